The molecule has 2 bridgehead atoms. The molecule has 0 saturated heterocycles. The molecular weight excluding hydrogens is 244 g/mol. The molecule has 2 saturated carbocycles. The quantitative estimate of drug-likeness (QED) is 0.559. The van der Waals surface area contributed by atoms with Crippen LogP contribution in [0.3, 0.4) is 0 Å². The highest BCUT2D eigenvalue weighted by atomic mass is 16.6. The Labute approximate surface area is 113 Å². The zero-order valence-electron chi connectivity index (χ0n) is 11.7. The third kappa shape index (κ3) is 2.17. The molecule has 0 amide bonds. The average molecular weight is 265 g/mol. The zero-order chi connectivity index (χ0) is 14.3. The third-order valence-corrected chi connectivity index (χ3v) is 4.76. The number of carbonyl (C=O) groups is 2. The Bertz CT molecular complexity index is 428. The summed E-state index contributed by atoms with van der Waals surface area (Å²) in [6.07, 6.45) is 4.01. The Hall–Kier alpha value is -1.32. The number of rotatable bonds is 5. The molecule has 0 N–H and O–H groups in total. The molecule has 0 aliphatic heterocycles. The number of carboxylic acids is 1. The maximum Gasteiger partial charge on any atom is 0.333 e. The number of aliphatic carboxylic acids is 1. The van der Waals surface area contributed by atoms with E-state index in [9.17, 15) is 14.7 Å². The minimum Gasteiger partial charge on any atom is -0.550 e. The number of carboxylic acid groups (broad SMARTS) is 1. The first-order chi connectivity index (χ1) is 8.85. The van der Waals surface area contributed by atoms with Crippen molar-refractivity contribution in [2.24, 2.45) is 11.3 Å². The second-order valence-electron chi connectivity index (χ2n) is 6.17. The Morgan fingerprint density at radius 1 is 1.42 bits per heavy atom. The van der Waals surface area contributed by atoms with Crippen molar-refractivity contribution in [2.75, 3.05) is 0 Å². The van der Waals surface area contributed by atoms with Gasteiger partial charge in [0.25, 0.3) is 0 Å². The van der Waals surface area contributed by atoms with Crippen LogP contribution in [0.1, 0.15) is 52.4 Å². The van der Waals surface area contributed by atoms with E-state index in [1.807, 2.05) is 0 Å². The molecule has 2 rings (SSSR count). The standard InChI is InChI=1S/C15H22O4/c1-4-5-11-8-14(13(17)18)6-7-15(11,9-14)19-12(16)10(2)3/h11H,2,4-9H2,1,3H3,(H,17,18)/p-1. The van der Waals surface area contributed by atoms with Crippen LogP contribution in [0.15, 0.2) is 12.2 Å². The SMILES string of the molecule is C=C(C)C(=O)OC12CCC(C(=O)[O-])(CC1CCC)C2. The van der Waals surface area contributed by atoms with Crippen molar-refractivity contribution >= 4 is 11.9 Å². The summed E-state index contributed by atoms with van der Waals surface area (Å²) in [6, 6.07) is 0. The van der Waals surface area contributed by atoms with Gasteiger partial charge in [-0.2, -0.15) is 0 Å². The predicted molar refractivity (Wildman–Crippen MR) is 67.9 cm³/mol. The maximum atomic E-state index is 11.8. The highest BCUT2D eigenvalue weighted by Crippen LogP contribution is 2.62. The van der Waals surface area contributed by atoms with Crippen LogP contribution in [-0.4, -0.2) is 17.5 Å². The number of fused-ring (bicyclic) bond motifs is 2. The lowest BCUT2D eigenvalue weighted by molar-refractivity contribution is -0.319. The summed E-state index contributed by atoms with van der Waals surface area (Å²) in [6.45, 7) is 7.27. The predicted octanol–water partition coefficient (Wildman–Crippen LogP) is 1.58. The van der Waals surface area contributed by atoms with E-state index < -0.39 is 23.0 Å². The van der Waals surface area contributed by atoms with Crippen LogP contribution in [0, 0.1) is 11.3 Å². The minimum absolute atomic E-state index is 0.132. The first-order valence-electron chi connectivity index (χ1n) is 6.95. The van der Waals surface area contributed by atoms with Gasteiger partial charge < -0.3 is 14.6 Å². The molecule has 2 aliphatic carbocycles. The average Bonchev–Trinajstić information content (AvgIpc) is 2.83. The first kappa shape index (κ1) is 14.1. The molecule has 4 heteroatoms. The smallest absolute Gasteiger partial charge is 0.333 e. The third-order valence-electron chi connectivity index (χ3n) is 4.76. The normalized spacial score (nSPS) is 36.2. The van der Waals surface area contributed by atoms with Crippen LogP contribution < -0.4 is 5.11 Å². The number of ether oxygens (including phenoxy) is 1. The first-order valence-corrected chi connectivity index (χ1v) is 6.95. The van der Waals surface area contributed by atoms with Crippen molar-refractivity contribution in [3.05, 3.63) is 12.2 Å². The van der Waals surface area contributed by atoms with Gasteiger partial charge in [-0.3, -0.25) is 0 Å². The zero-order valence-corrected chi connectivity index (χ0v) is 11.7. The van der Waals surface area contributed by atoms with Gasteiger partial charge in [0.1, 0.15) is 5.60 Å². The fourth-order valence-electron chi connectivity index (χ4n) is 3.79. The summed E-state index contributed by atoms with van der Waals surface area (Å²) in [5, 5.41) is 11.4. The lowest BCUT2D eigenvalue weighted by Crippen LogP contribution is -2.40. The van der Waals surface area contributed by atoms with Gasteiger partial charge in [-0.15, -0.1) is 0 Å². The molecule has 3 atom stereocenters. The van der Waals surface area contributed by atoms with Gasteiger partial charge in [0.2, 0.25) is 0 Å². The lowest BCUT2D eigenvalue weighted by atomic mass is 9.77. The Morgan fingerprint density at radius 2 is 2.11 bits per heavy atom. The summed E-state index contributed by atoms with van der Waals surface area (Å²) >= 11 is 0. The van der Waals surface area contributed by atoms with Crippen LogP contribution in [0.4, 0.5) is 0 Å². The molecular formula is C15H21O4-. The molecule has 3 unspecified atom stereocenters. The van der Waals surface area contributed by atoms with E-state index in [4.69, 9.17) is 4.74 Å². The molecule has 0 radical (unpaired) electrons. The monoisotopic (exact) mass is 265 g/mol. The highest BCUT2D eigenvalue weighted by molar-refractivity contribution is 5.87. The van der Waals surface area contributed by atoms with Gasteiger partial charge in [0.15, 0.2) is 0 Å². The Morgan fingerprint density at radius 3 is 2.63 bits per heavy atom. The van der Waals surface area contributed by atoms with Gasteiger partial charge in [-0.1, -0.05) is 19.9 Å². The van der Waals surface area contributed by atoms with Crippen LogP contribution in [0.5, 0.6) is 0 Å². The summed E-state index contributed by atoms with van der Waals surface area (Å²) in [5.41, 5.74) is -1.02. The minimum atomic E-state index is -0.987. The van der Waals surface area contributed by atoms with Gasteiger partial charge >= 0.3 is 5.97 Å². The van der Waals surface area contributed by atoms with E-state index in [1.165, 1.54) is 0 Å². The van der Waals surface area contributed by atoms with Crippen LogP contribution in [-0.2, 0) is 14.3 Å². The lowest BCUT2D eigenvalue weighted by Gasteiger charge is -2.36. The molecule has 0 aromatic carbocycles. The molecule has 0 aromatic rings. The summed E-state index contributed by atoms with van der Waals surface area (Å²) in [4.78, 5) is 23.2. The largest absolute Gasteiger partial charge is 0.550 e. The summed E-state index contributed by atoms with van der Waals surface area (Å²) < 4.78 is 5.66. The number of carbonyl (C=O) groups excluding carboxylic acids is 2. The van der Waals surface area contributed by atoms with E-state index >= 15 is 0 Å². The van der Waals surface area contributed by atoms with Crippen molar-refractivity contribution in [3.8, 4) is 0 Å². The van der Waals surface area contributed by atoms with Gasteiger partial charge in [-0.05, 0) is 44.9 Å². The van der Waals surface area contributed by atoms with E-state index in [1.54, 1.807) is 6.92 Å². The molecule has 106 valence electrons. The highest BCUT2D eigenvalue weighted by Gasteiger charge is 2.62. The van der Waals surface area contributed by atoms with E-state index in [0.29, 0.717) is 31.3 Å². The van der Waals surface area contributed by atoms with Gasteiger partial charge in [0, 0.05) is 17.0 Å². The van der Waals surface area contributed by atoms with E-state index in [-0.39, 0.29) is 5.92 Å². The molecule has 0 spiro atoms. The van der Waals surface area contributed by atoms with Crippen LogP contribution in [0.25, 0.3) is 0 Å². The summed E-state index contributed by atoms with van der Waals surface area (Å²) in [5.74, 6) is -1.26. The number of hydrogen-bond acceptors (Lipinski definition) is 4. The topological polar surface area (TPSA) is 66.4 Å². The van der Waals surface area contributed by atoms with Crippen LogP contribution in [0.2, 0.25) is 0 Å². The van der Waals surface area contributed by atoms with Gasteiger partial charge in [0.05, 0.1) is 0 Å². The van der Waals surface area contributed by atoms with Crippen molar-refractivity contribution < 1.29 is 19.4 Å². The molecule has 4 nitrogen and oxygen atoms in total. The molecule has 0 aromatic heterocycles. The summed E-state index contributed by atoms with van der Waals surface area (Å²) in [7, 11) is 0. The van der Waals surface area contributed by atoms with Crippen molar-refractivity contribution in [3.63, 3.8) is 0 Å². The fourth-order valence-corrected chi connectivity index (χ4v) is 3.79. The molecule has 19 heavy (non-hydrogen) atoms. The van der Waals surface area contributed by atoms with E-state index in [0.717, 1.165) is 12.8 Å². The number of hydrogen-bond donors (Lipinski definition) is 0. The molecule has 0 heterocycles. The Balaban J connectivity index is 2.24. The molecule has 2 fully saturated rings. The van der Waals surface area contributed by atoms with Crippen molar-refractivity contribution in [1.29, 1.82) is 0 Å². The Kier molecular flexibility index (Phi) is 3.45. The van der Waals surface area contributed by atoms with Crippen LogP contribution >= 0.6 is 0 Å². The second kappa shape index (κ2) is 4.66. The van der Waals surface area contributed by atoms with Gasteiger partial charge in [-0.25, -0.2) is 4.79 Å². The van der Waals surface area contributed by atoms with E-state index in [2.05, 4.69) is 13.5 Å². The fraction of sp³-hybridized carbons (Fsp3) is 0.733. The van der Waals surface area contributed by atoms with Crippen molar-refractivity contribution in [1.82, 2.24) is 0 Å². The maximum absolute atomic E-state index is 11.8. The second-order valence-corrected chi connectivity index (χ2v) is 6.17. The molecule has 2 aliphatic rings. The number of esters is 1. The van der Waals surface area contributed by atoms with Crippen molar-refractivity contribution in [2.45, 2.75) is 58.0 Å².